The van der Waals surface area contributed by atoms with Gasteiger partial charge >= 0.3 is 5.97 Å². The van der Waals surface area contributed by atoms with Crippen LogP contribution in [0.2, 0.25) is 0 Å². The molecule has 0 saturated heterocycles. The Morgan fingerprint density at radius 1 is 0.935 bits per heavy atom. The summed E-state index contributed by atoms with van der Waals surface area (Å²) in [7, 11) is 2.10. The molecule has 4 heteroatoms. The number of carbonyl (C=O) groups is 1. The molecule has 0 saturated carbocycles. The smallest absolute Gasteiger partial charge is 0.303 e. The molecule has 1 heterocycles. The number of rotatable bonds is 11. The number of benzene rings is 2. The summed E-state index contributed by atoms with van der Waals surface area (Å²) in [6, 6.07) is 15.3. The van der Waals surface area contributed by atoms with Gasteiger partial charge in [0.25, 0.3) is 0 Å². The highest BCUT2D eigenvalue weighted by Crippen LogP contribution is 2.21. The summed E-state index contributed by atoms with van der Waals surface area (Å²) in [5, 5.41) is 8.94. The van der Waals surface area contributed by atoms with Gasteiger partial charge in [0.05, 0.1) is 0 Å². The van der Waals surface area contributed by atoms with Crippen LogP contribution in [0.4, 0.5) is 0 Å². The molecule has 0 fully saturated rings. The lowest BCUT2D eigenvalue weighted by Gasteiger charge is -2.10. The first-order chi connectivity index (χ1) is 15.0. The molecule has 0 aliphatic rings. The summed E-state index contributed by atoms with van der Waals surface area (Å²) in [5.74, 6) is 0.285. The van der Waals surface area contributed by atoms with E-state index < -0.39 is 5.97 Å². The molecule has 0 aliphatic heterocycles. The number of nitrogens with zero attached hydrogens (tertiary/aromatic N) is 2. The largest absolute Gasteiger partial charge is 0.481 e. The number of aromatic nitrogens is 2. The fraction of sp³-hybridized carbons (Fsp3) is 0.407. The highest BCUT2D eigenvalue weighted by Gasteiger charge is 2.10. The minimum absolute atomic E-state index is 0.191. The Hall–Kier alpha value is -2.88. The second kappa shape index (κ2) is 10.9. The number of carboxylic acid groups (broad SMARTS) is 1. The molecule has 0 amide bonds. The average molecular weight is 419 g/mol. The van der Waals surface area contributed by atoms with Crippen molar-refractivity contribution >= 4 is 5.97 Å². The van der Waals surface area contributed by atoms with Crippen molar-refractivity contribution < 1.29 is 9.90 Å². The quantitative estimate of drug-likeness (QED) is 0.428. The maximum Gasteiger partial charge on any atom is 0.303 e. The van der Waals surface area contributed by atoms with Crippen LogP contribution in [0.5, 0.6) is 0 Å². The van der Waals surface area contributed by atoms with Crippen LogP contribution >= 0.6 is 0 Å². The van der Waals surface area contributed by atoms with Gasteiger partial charge in [0.2, 0.25) is 0 Å². The van der Waals surface area contributed by atoms with E-state index >= 15 is 0 Å². The van der Waals surface area contributed by atoms with Gasteiger partial charge in [-0.1, -0.05) is 62.7 Å². The standard InChI is InChI=1S/C27H34N2O2/c1-4-7-20-10-14-24(15-11-20)27-28-19-25(29(27)3)9-6-8-21-12-13-23(16-17-26(30)31)22(5-2)18-21/h10-15,18-19H,4-9,16-17H2,1-3H3,(H,30,31). The van der Waals surface area contributed by atoms with Gasteiger partial charge < -0.3 is 9.67 Å². The van der Waals surface area contributed by atoms with Crippen LogP contribution in [0.25, 0.3) is 11.4 Å². The van der Waals surface area contributed by atoms with Crippen LogP contribution in [0.15, 0.2) is 48.7 Å². The van der Waals surface area contributed by atoms with Gasteiger partial charge in [-0.15, -0.1) is 0 Å². The summed E-state index contributed by atoms with van der Waals surface area (Å²) in [5.41, 5.74) is 7.55. The van der Waals surface area contributed by atoms with E-state index in [4.69, 9.17) is 5.11 Å². The third kappa shape index (κ3) is 6.06. The van der Waals surface area contributed by atoms with Crippen LogP contribution in [-0.2, 0) is 43.9 Å². The first kappa shape index (κ1) is 22.8. The normalized spacial score (nSPS) is 11.1. The summed E-state index contributed by atoms with van der Waals surface area (Å²) < 4.78 is 2.21. The van der Waals surface area contributed by atoms with E-state index in [1.165, 1.54) is 22.4 Å². The van der Waals surface area contributed by atoms with Crippen LogP contribution < -0.4 is 0 Å². The summed E-state index contributed by atoms with van der Waals surface area (Å²) in [6.07, 6.45) is 9.08. The third-order valence-electron chi connectivity index (χ3n) is 5.99. The molecule has 0 aliphatic carbocycles. The van der Waals surface area contributed by atoms with Gasteiger partial charge in [-0.25, -0.2) is 4.98 Å². The van der Waals surface area contributed by atoms with E-state index in [0.717, 1.165) is 55.5 Å². The van der Waals surface area contributed by atoms with Crippen molar-refractivity contribution in [2.75, 3.05) is 0 Å². The minimum Gasteiger partial charge on any atom is -0.481 e. The molecule has 164 valence electrons. The molecule has 0 atom stereocenters. The lowest BCUT2D eigenvalue weighted by Crippen LogP contribution is -2.02. The van der Waals surface area contributed by atoms with Gasteiger partial charge in [-0.05, 0) is 60.8 Å². The van der Waals surface area contributed by atoms with Crippen LogP contribution in [0.3, 0.4) is 0 Å². The lowest BCUT2D eigenvalue weighted by atomic mass is 9.96. The third-order valence-corrected chi connectivity index (χ3v) is 5.99. The van der Waals surface area contributed by atoms with Crippen LogP contribution in [0.1, 0.15) is 61.1 Å². The molecule has 3 aromatic rings. The summed E-state index contributed by atoms with van der Waals surface area (Å²) in [4.78, 5) is 15.5. The zero-order valence-corrected chi connectivity index (χ0v) is 19.0. The fourth-order valence-electron chi connectivity index (χ4n) is 4.18. The second-order valence-electron chi connectivity index (χ2n) is 8.28. The van der Waals surface area contributed by atoms with E-state index in [2.05, 4.69) is 72.9 Å². The molecule has 31 heavy (non-hydrogen) atoms. The van der Waals surface area contributed by atoms with Crippen molar-refractivity contribution in [2.24, 2.45) is 7.05 Å². The van der Waals surface area contributed by atoms with E-state index in [1.807, 2.05) is 6.20 Å². The van der Waals surface area contributed by atoms with Crippen molar-refractivity contribution in [1.29, 1.82) is 0 Å². The maximum atomic E-state index is 10.9. The molecule has 1 N–H and O–H groups in total. The molecule has 0 radical (unpaired) electrons. The molecule has 0 unspecified atom stereocenters. The highest BCUT2D eigenvalue weighted by atomic mass is 16.4. The number of hydrogen-bond donors (Lipinski definition) is 1. The Bertz CT molecular complexity index is 1000. The van der Waals surface area contributed by atoms with Crippen molar-refractivity contribution in [2.45, 2.75) is 65.2 Å². The topological polar surface area (TPSA) is 55.1 Å². The van der Waals surface area contributed by atoms with Crippen LogP contribution in [0, 0.1) is 0 Å². The first-order valence-electron chi connectivity index (χ1n) is 11.4. The molecule has 1 aromatic heterocycles. The van der Waals surface area contributed by atoms with E-state index in [-0.39, 0.29) is 6.42 Å². The number of carboxylic acids is 1. The molecule has 0 spiro atoms. The zero-order chi connectivity index (χ0) is 22.2. The Balaban J connectivity index is 1.60. The Labute approximate surface area is 186 Å². The van der Waals surface area contributed by atoms with E-state index in [1.54, 1.807) is 0 Å². The Morgan fingerprint density at radius 2 is 1.68 bits per heavy atom. The minimum atomic E-state index is -0.737. The molecule has 3 rings (SSSR count). The molecule has 2 aromatic carbocycles. The molecular formula is C27H34N2O2. The van der Waals surface area contributed by atoms with Gasteiger partial charge in [-0.2, -0.15) is 0 Å². The molecular weight excluding hydrogens is 384 g/mol. The van der Waals surface area contributed by atoms with Crippen molar-refractivity contribution in [1.82, 2.24) is 9.55 Å². The monoisotopic (exact) mass is 418 g/mol. The Morgan fingerprint density at radius 3 is 2.35 bits per heavy atom. The lowest BCUT2D eigenvalue weighted by molar-refractivity contribution is -0.136. The second-order valence-corrected chi connectivity index (χ2v) is 8.28. The fourth-order valence-corrected chi connectivity index (χ4v) is 4.18. The number of hydrogen-bond acceptors (Lipinski definition) is 2. The number of aryl methyl sites for hydroxylation is 5. The predicted molar refractivity (Wildman–Crippen MR) is 126 cm³/mol. The van der Waals surface area contributed by atoms with Gasteiger partial charge in [0, 0.05) is 30.9 Å². The predicted octanol–water partition coefficient (Wildman–Crippen LogP) is 5.79. The maximum absolute atomic E-state index is 10.9. The van der Waals surface area contributed by atoms with Crippen molar-refractivity contribution in [3.63, 3.8) is 0 Å². The summed E-state index contributed by atoms with van der Waals surface area (Å²) >= 11 is 0. The molecule has 4 nitrogen and oxygen atoms in total. The van der Waals surface area contributed by atoms with E-state index in [9.17, 15) is 4.79 Å². The highest BCUT2D eigenvalue weighted by molar-refractivity contribution is 5.67. The van der Waals surface area contributed by atoms with Gasteiger partial charge in [0.1, 0.15) is 5.82 Å². The van der Waals surface area contributed by atoms with E-state index in [0.29, 0.717) is 6.42 Å². The molecule has 0 bridgehead atoms. The SMILES string of the molecule is CCCc1ccc(-c2ncc(CCCc3ccc(CCC(=O)O)c(CC)c3)n2C)cc1. The van der Waals surface area contributed by atoms with Crippen molar-refractivity contribution in [3.05, 3.63) is 76.6 Å². The first-order valence-corrected chi connectivity index (χ1v) is 11.4. The van der Waals surface area contributed by atoms with Gasteiger partial charge in [-0.3, -0.25) is 4.79 Å². The number of imidazole rings is 1. The zero-order valence-electron chi connectivity index (χ0n) is 19.0. The number of aliphatic carboxylic acids is 1. The Kier molecular flexibility index (Phi) is 8.05. The van der Waals surface area contributed by atoms with Crippen LogP contribution in [-0.4, -0.2) is 20.6 Å². The van der Waals surface area contributed by atoms with Gasteiger partial charge in [0.15, 0.2) is 0 Å². The average Bonchev–Trinajstić information content (AvgIpc) is 3.13. The summed E-state index contributed by atoms with van der Waals surface area (Å²) in [6.45, 7) is 4.34. The van der Waals surface area contributed by atoms with Crippen molar-refractivity contribution in [3.8, 4) is 11.4 Å².